The maximum atomic E-state index is 11.8. The van der Waals surface area contributed by atoms with E-state index in [4.69, 9.17) is 4.52 Å². The zero-order valence-electron chi connectivity index (χ0n) is 15.0. The molecule has 2 heterocycles. The number of rotatable bonds is 6. The number of aromatic nitrogens is 1. The summed E-state index contributed by atoms with van der Waals surface area (Å²) in [4.78, 5) is 25.9. The van der Waals surface area contributed by atoms with Crippen LogP contribution in [0.1, 0.15) is 30.6 Å². The molecule has 0 bridgehead atoms. The molecule has 2 aromatic rings. The van der Waals surface area contributed by atoms with E-state index in [2.05, 4.69) is 45.0 Å². The molecule has 1 aromatic carbocycles. The molecule has 0 spiro atoms. The first-order valence-electron chi connectivity index (χ1n) is 8.98. The van der Waals surface area contributed by atoms with Crippen LogP contribution in [0.5, 0.6) is 0 Å². The van der Waals surface area contributed by atoms with Crippen LogP contribution in [0.3, 0.4) is 0 Å². The lowest BCUT2D eigenvalue weighted by molar-refractivity contribution is -0.136. The van der Waals surface area contributed by atoms with Crippen molar-refractivity contribution in [3.63, 3.8) is 0 Å². The summed E-state index contributed by atoms with van der Waals surface area (Å²) in [6.45, 7) is 4.43. The Morgan fingerprint density at radius 3 is 2.54 bits per heavy atom. The number of hydrogen-bond acceptors (Lipinski definition) is 5. The van der Waals surface area contributed by atoms with Crippen LogP contribution in [-0.2, 0) is 16.0 Å². The number of nitrogens with zero attached hydrogens (tertiary/aromatic N) is 2. The first-order chi connectivity index (χ1) is 12.6. The number of benzene rings is 1. The molecular weight excluding hydrogens is 332 g/mol. The molecule has 1 aliphatic rings. The van der Waals surface area contributed by atoms with Crippen LogP contribution in [-0.4, -0.2) is 36.6 Å². The Labute approximate surface area is 152 Å². The highest BCUT2D eigenvalue weighted by Crippen LogP contribution is 2.20. The Kier molecular flexibility index (Phi) is 5.88. The molecule has 7 heteroatoms. The summed E-state index contributed by atoms with van der Waals surface area (Å²) in [5, 5.41) is 8.63. The van der Waals surface area contributed by atoms with E-state index in [0.29, 0.717) is 12.3 Å². The fourth-order valence-electron chi connectivity index (χ4n) is 3.02. The lowest BCUT2D eigenvalue weighted by atomic mass is 10.1. The summed E-state index contributed by atoms with van der Waals surface area (Å²) in [7, 11) is 0. The van der Waals surface area contributed by atoms with Gasteiger partial charge in [-0.25, -0.2) is 0 Å². The lowest BCUT2D eigenvalue weighted by Crippen LogP contribution is -2.36. The highest BCUT2D eigenvalue weighted by molar-refractivity contribution is 6.39. The first kappa shape index (κ1) is 18.0. The first-order valence-corrected chi connectivity index (χ1v) is 8.98. The molecule has 138 valence electrons. The molecule has 0 saturated carbocycles. The van der Waals surface area contributed by atoms with Crippen molar-refractivity contribution < 1.29 is 14.1 Å². The van der Waals surface area contributed by atoms with Gasteiger partial charge < -0.3 is 14.7 Å². The van der Waals surface area contributed by atoms with Gasteiger partial charge in [0.15, 0.2) is 5.82 Å². The molecule has 7 nitrogen and oxygen atoms in total. The molecule has 0 atom stereocenters. The van der Waals surface area contributed by atoms with Gasteiger partial charge in [-0.05, 0) is 50.3 Å². The van der Waals surface area contributed by atoms with Crippen molar-refractivity contribution in [3.05, 3.63) is 41.7 Å². The third-order valence-corrected chi connectivity index (χ3v) is 4.41. The molecule has 2 amide bonds. The molecule has 1 aliphatic heterocycles. The van der Waals surface area contributed by atoms with Crippen molar-refractivity contribution in [1.29, 1.82) is 0 Å². The van der Waals surface area contributed by atoms with Gasteiger partial charge in [-0.2, -0.15) is 0 Å². The van der Waals surface area contributed by atoms with Crippen molar-refractivity contribution in [2.24, 2.45) is 0 Å². The Balaban J connectivity index is 1.36. The second-order valence-electron chi connectivity index (χ2n) is 6.50. The van der Waals surface area contributed by atoms with Crippen LogP contribution in [0.15, 0.2) is 34.9 Å². The molecule has 0 unspecified atom stereocenters. The van der Waals surface area contributed by atoms with Crippen LogP contribution in [0, 0.1) is 6.92 Å². The van der Waals surface area contributed by atoms with E-state index in [1.165, 1.54) is 24.1 Å². The van der Waals surface area contributed by atoms with Crippen LogP contribution in [0.25, 0.3) is 0 Å². The molecule has 1 saturated heterocycles. The van der Waals surface area contributed by atoms with E-state index in [1.807, 2.05) is 0 Å². The molecule has 1 aromatic heterocycles. The van der Waals surface area contributed by atoms with E-state index in [0.717, 1.165) is 25.9 Å². The number of amides is 2. The van der Waals surface area contributed by atoms with Gasteiger partial charge >= 0.3 is 11.8 Å². The van der Waals surface area contributed by atoms with Gasteiger partial charge in [0.2, 0.25) is 0 Å². The predicted molar refractivity (Wildman–Crippen MR) is 99.1 cm³/mol. The van der Waals surface area contributed by atoms with Crippen molar-refractivity contribution in [2.75, 3.05) is 29.9 Å². The Morgan fingerprint density at radius 2 is 1.88 bits per heavy atom. The lowest BCUT2D eigenvalue weighted by Gasteiger charge is -2.17. The number of aryl methyl sites for hydroxylation is 2. The molecule has 0 aliphatic carbocycles. The molecule has 2 N–H and O–H groups in total. The van der Waals surface area contributed by atoms with Crippen LogP contribution >= 0.6 is 0 Å². The van der Waals surface area contributed by atoms with Gasteiger partial charge in [-0.3, -0.25) is 14.9 Å². The fraction of sp³-hybridized carbons (Fsp3) is 0.421. The summed E-state index contributed by atoms with van der Waals surface area (Å²) in [6, 6.07) is 10.1. The van der Waals surface area contributed by atoms with Crippen LogP contribution in [0.4, 0.5) is 11.5 Å². The third-order valence-electron chi connectivity index (χ3n) is 4.41. The number of nitrogens with one attached hydrogen (secondary N) is 2. The van der Waals surface area contributed by atoms with Gasteiger partial charge in [0.25, 0.3) is 0 Å². The normalized spacial score (nSPS) is 13.7. The minimum absolute atomic E-state index is 0.237. The van der Waals surface area contributed by atoms with Crippen LogP contribution in [0.2, 0.25) is 0 Å². The van der Waals surface area contributed by atoms with Crippen molar-refractivity contribution in [1.82, 2.24) is 10.5 Å². The second kappa shape index (κ2) is 8.51. The molecule has 1 fully saturated rings. The Morgan fingerprint density at radius 1 is 1.15 bits per heavy atom. The smallest absolute Gasteiger partial charge is 0.314 e. The predicted octanol–water partition coefficient (Wildman–Crippen LogP) is 2.27. The Hall–Kier alpha value is -2.83. The molecule has 26 heavy (non-hydrogen) atoms. The molecular formula is C19H24N4O3. The highest BCUT2D eigenvalue weighted by atomic mass is 16.5. The average Bonchev–Trinajstić information content (AvgIpc) is 3.31. The van der Waals surface area contributed by atoms with Gasteiger partial charge in [-0.1, -0.05) is 17.3 Å². The van der Waals surface area contributed by atoms with Crippen molar-refractivity contribution in [3.8, 4) is 0 Å². The van der Waals surface area contributed by atoms with E-state index < -0.39 is 11.8 Å². The molecule has 3 rings (SSSR count). The van der Waals surface area contributed by atoms with Gasteiger partial charge in [0.05, 0.1) is 0 Å². The topological polar surface area (TPSA) is 87.5 Å². The average molecular weight is 356 g/mol. The zero-order chi connectivity index (χ0) is 18.4. The summed E-state index contributed by atoms with van der Waals surface area (Å²) >= 11 is 0. The molecule has 0 radical (unpaired) electrons. The quantitative estimate of drug-likeness (QED) is 0.612. The minimum atomic E-state index is -0.742. The van der Waals surface area contributed by atoms with E-state index >= 15 is 0 Å². The monoisotopic (exact) mass is 356 g/mol. The van der Waals surface area contributed by atoms with E-state index in [9.17, 15) is 9.59 Å². The third kappa shape index (κ3) is 4.84. The number of carbonyl (C=O) groups excluding carboxylic acids is 2. The minimum Gasteiger partial charge on any atom is -0.372 e. The summed E-state index contributed by atoms with van der Waals surface area (Å²) in [5.41, 5.74) is 2.50. The van der Waals surface area contributed by atoms with Crippen molar-refractivity contribution >= 4 is 23.3 Å². The van der Waals surface area contributed by atoms with E-state index in [1.54, 1.807) is 13.0 Å². The SMILES string of the molecule is Cc1cc(NC(=O)C(=O)NCCCc2ccc(N3CCCC3)cc2)no1. The van der Waals surface area contributed by atoms with Gasteiger partial charge in [-0.15, -0.1) is 0 Å². The number of anilines is 2. The number of hydrogen-bond donors (Lipinski definition) is 2. The maximum absolute atomic E-state index is 11.8. The second-order valence-corrected chi connectivity index (χ2v) is 6.50. The zero-order valence-corrected chi connectivity index (χ0v) is 15.0. The summed E-state index contributed by atoms with van der Waals surface area (Å²) in [6.07, 6.45) is 4.16. The summed E-state index contributed by atoms with van der Waals surface area (Å²) in [5.74, 6) is -0.611. The number of carbonyl (C=O) groups is 2. The maximum Gasteiger partial charge on any atom is 0.314 e. The highest BCUT2D eigenvalue weighted by Gasteiger charge is 2.15. The van der Waals surface area contributed by atoms with Crippen LogP contribution < -0.4 is 15.5 Å². The van der Waals surface area contributed by atoms with E-state index in [-0.39, 0.29) is 5.82 Å². The van der Waals surface area contributed by atoms with Gasteiger partial charge in [0.1, 0.15) is 5.76 Å². The summed E-state index contributed by atoms with van der Waals surface area (Å²) < 4.78 is 4.83. The van der Waals surface area contributed by atoms with Crippen molar-refractivity contribution in [2.45, 2.75) is 32.6 Å². The fourth-order valence-corrected chi connectivity index (χ4v) is 3.02. The van der Waals surface area contributed by atoms with Gasteiger partial charge in [0, 0.05) is 31.4 Å². The Bertz CT molecular complexity index is 748. The standard InChI is InChI=1S/C19H24N4O3/c1-14-13-17(22-26-14)21-19(25)18(24)20-10-4-5-15-6-8-16(9-7-15)23-11-2-3-12-23/h6-9,13H,2-5,10-12H2,1H3,(H,20,24)(H,21,22,25). The largest absolute Gasteiger partial charge is 0.372 e.